The van der Waals surface area contributed by atoms with Crippen molar-refractivity contribution in [2.75, 3.05) is 27.4 Å². The molecule has 0 saturated carbocycles. The average Bonchev–Trinajstić information content (AvgIpc) is 3.14. The molecule has 0 saturated heterocycles. The highest BCUT2D eigenvalue weighted by atomic mass is 16.5. The third-order valence-corrected chi connectivity index (χ3v) is 5.37. The van der Waals surface area contributed by atoms with E-state index in [9.17, 15) is 10.1 Å². The summed E-state index contributed by atoms with van der Waals surface area (Å²) in [6.07, 6.45) is 1.63. The van der Waals surface area contributed by atoms with Crippen LogP contribution in [0.3, 0.4) is 0 Å². The van der Waals surface area contributed by atoms with Crippen LogP contribution in [0, 0.1) is 25.2 Å². The molecule has 2 aromatic carbocycles. The Kier molecular flexibility index (Phi) is 8.49. The zero-order valence-electron chi connectivity index (χ0n) is 19.9. The molecule has 7 nitrogen and oxygen atoms in total. The highest BCUT2D eigenvalue weighted by Gasteiger charge is 2.14. The molecular weight excluding hydrogens is 430 g/mol. The van der Waals surface area contributed by atoms with E-state index in [1.54, 1.807) is 20.3 Å². The molecule has 0 aliphatic heterocycles. The number of carbonyl (C=O) groups excluding carboxylic acids is 1. The lowest BCUT2D eigenvalue weighted by Crippen LogP contribution is -2.24. The van der Waals surface area contributed by atoms with Crippen molar-refractivity contribution < 1.29 is 19.0 Å². The molecule has 3 rings (SSSR count). The van der Waals surface area contributed by atoms with Crippen LogP contribution in [-0.2, 0) is 16.1 Å². The molecule has 0 atom stereocenters. The van der Waals surface area contributed by atoms with Gasteiger partial charge in [-0.3, -0.25) is 4.79 Å². The SMILES string of the molecule is COCCOc1cccc(CNC(=O)/C(C#N)=C\c2cc(C)n(-c3ccc(OC)cc3)c2C)c1. The molecule has 0 aliphatic carbocycles. The lowest BCUT2D eigenvalue weighted by molar-refractivity contribution is -0.117. The number of amides is 1. The summed E-state index contributed by atoms with van der Waals surface area (Å²) >= 11 is 0. The van der Waals surface area contributed by atoms with E-state index in [1.165, 1.54) is 0 Å². The summed E-state index contributed by atoms with van der Waals surface area (Å²) < 4.78 is 17.9. The van der Waals surface area contributed by atoms with Crippen molar-refractivity contribution in [2.45, 2.75) is 20.4 Å². The van der Waals surface area contributed by atoms with Gasteiger partial charge in [0.25, 0.3) is 5.91 Å². The molecule has 0 aliphatic rings. The smallest absolute Gasteiger partial charge is 0.262 e. The number of nitrogens with zero attached hydrogens (tertiary/aromatic N) is 2. The minimum atomic E-state index is -0.428. The number of aromatic nitrogens is 1. The molecule has 1 amide bonds. The summed E-state index contributed by atoms with van der Waals surface area (Å²) in [4.78, 5) is 12.7. The van der Waals surface area contributed by atoms with Crippen LogP contribution in [-0.4, -0.2) is 37.9 Å². The predicted molar refractivity (Wildman–Crippen MR) is 131 cm³/mol. The number of benzene rings is 2. The number of aryl methyl sites for hydroxylation is 1. The van der Waals surface area contributed by atoms with Crippen molar-refractivity contribution in [3.05, 3.63) is 82.7 Å². The van der Waals surface area contributed by atoms with E-state index in [0.29, 0.717) is 19.0 Å². The number of nitrogens with one attached hydrogen (secondary N) is 1. The summed E-state index contributed by atoms with van der Waals surface area (Å²) in [5, 5.41) is 12.4. The second-order valence-corrected chi connectivity index (χ2v) is 7.70. The second kappa shape index (κ2) is 11.7. The molecule has 0 fully saturated rings. The van der Waals surface area contributed by atoms with Crippen LogP contribution in [0.2, 0.25) is 0 Å². The molecule has 0 radical (unpaired) electrons. The second-order valence-electron chi connectivity index (χ2n) is 7.70. The van der Waals surface area contributed by atoms with Crippen LogP contribution in [0.25, 0.3) is 11.8 Å². The Morgan fingerprint density at radius 1 is 1.06 bits per heavy atom. The van der Waals surface area contributed by atoms with Crippen LogP contribution in [0.4, 0.5) is 0 Å². The van der Waals surface area contributed by atoms with Crippen LogP contribution in [0.1, 0.15) is 22.5 Å². The number of rotatable bonds is 10. The maximum Gasteiger partial charge on any atom is 0.262 e. The van der Waals surface area contributed by atoms with E-state index in [0.717, 1.165) is 34.0 Å². The Bertz CT molecular complexity index is 1200. The van der Waals surface area contributed by atoms with E-state index in [2.05, 4.69) is 9.88 Å². The first kappa shape index (κ1) is 24.6. The molecule has 1 aromatic heterocycles. The summed E-state index contributed by atoms with van der Waals surface area (Å²) in [5.41, 5.74) is 4.64. The highest BCUT2D eigenvalue weighted by molar-refractivity contribution is 6.01. The van der Waals surface area contributed by atoms with Gasteiger partial charge in [-0.05, 0) is 73.5 Å². The van der Waals surface area contributed by atoms with Gasteiger partial charge in [0.05, 0.1) is 13.7 Å². The zero-order chi connectivity index (χ0) is 24.5. The number of carbonyl (C=O) groups is 1. The Hall–Kier alpha value is -4.02. The normalized spacial score (nSPS) is 11.1. The minimum absolute atomic E-state index is 0.0440. The van der Waals surface area contributed by atoms with Crippen molar-refractivity contribution in [3.63, 3.8) is 0 Å². The van der Waals surface area contributed by atoms with Crippen molar-refractivity contribution in [1.29, 1.82) is 5.26 Å². The van der Waals surface area contributed by atoms with Gasteiger partial charge < -0.3 is 24.1 Å². The molecule has 1 heterocycles. The summed E-state index contributed by atoms with van der Waals surface area (Å²) in [5.74, 6) is 1.05. The maximum atomic E-state index is 12.7. The van der Waals surface area contributed by atoms with Crippen LogP contribution >= 0.6 is 0 Å². The average molecular weight is 460 g/mol. The number of methoxy groups -OCH3 is 2. The Balaban J connectivity index is 1.73. The minimum Gasteiger partial charge on any atom is -0.497 e. The molecular formula is C27H29N3O4. The Labute approximate surface area is 200 Å². The third-order valence-electron chi connectivity index (χ3n) is 5.37. The van der Waals surface area contributed by atoms with Crippen LogP contribution in [0.5, 0.6) is 11.5 Å². The fraction of sp³-hybridized carbons (Fsp3) is 0.259. The first-order valence-corrected chi connectivity index (χ1v) is 10.9. The van der Waals surface area contributed by atoms with E-state index in [-0.39, 0.29) is 12.1 Å². The van der Waals surface area contributed by atoms with Crippen molar-refractivity contribution in [2.24, 2.45) is 0 Å². The van der Waals surface area contributed by atoms with Gasteiger partial charge in [0, 0.05) is 30.7 Å². The molecule has 34 heavy (non-hydrogen) atoms. The van der Waals surface area contributed by atoms with Gasteiger partial charge in [-0.2, -0.15) is 5.26 Å². The summed E-state index contributed by atoms with van der Waals surface area (Å²) in [6, 6.07) is 19.2. The standard InChI is InChI=1S/C27H29N3O4/c1-19-14-22(20(2)30(19)24-8-10-25(33-4)11-9-24)16-23(17-28)27(31)29-18-21-6-5-7-26(15-21)34-13-12-32-3/h5-11,14-16H,12-13,18H2,1-4H3,(H,29,31)/b23-16-. The lowest BCUT2D eigenvalue weighted by Gasteiger charge is -2.10. The largest absolute Gasteiger partial charge is 0.497 e. The van der Waals surface area contributed by atoms with E-state index < -0.39 is 5.91 Å². The van der Waals surface area contributed by atoms with Crippen LogP contribution < -0.4 is 14.8 Å². The van der Waals surface area contributed by atoms with Gasteiger partial charge in [0.15, 0.2) is 0 Å². The van der Waals surface area contributed by atoms with Crippen molar-refractivity contribution >= 4 is 12.0 Å². The molecule has 1 N–H and O–H groups in total. The summed E-state index contributed by atoms with van der Waals surface area (Å²) in [7, 11) is 3.25. The van der Waals surface area contributed by atoms with Gasteiger partial charge in [-0.25, -0.2) is 0 Å². The number of hydrogen-bond donors (Lipinski definition) is 1. The topological polar surface area (TPSA) is 85.5 Å². The summed E-state index contributed by atoms with van der Waals surface area (Å²) in [6.45, 7) is 5.18. The quantitative estimate of drug-likeness (QED) is 0.277. The Morgan fingerprint density at radius 3 is 2.50 bits per heavy atom. The first-order chi connectivity index (χ1) is 16.5. The monoisotopic (exact) mass is 459 g/mol. The number of ether oxygens (including phenoxy) is 3. The molecule has 3 aromatic rings. The first-order valence-electron chi connectivity index (χ1n) is 10.9. The van der Waals surface area contributed by atoms with Gasteiger partial charge in [0.1, 0.15) is 29.7 Å². The number of nitriles is 1. The number of hydrogen-bond acceptors (Lipinski definition) is 5. The van der Waals surface area contributed by atoms with Gasteiger partial charge >= 0.3 is 0 Å². The molecule has 7 heteroatoms. The fourth-order valence-corrected chi connectivity index (χ4v) is 3.63. The van der Waals surface area contributed by atoms with Crippen LogP contribution in [0.15, 0.2) is 60.2 Å². The van der Waals surface area contributed by atoms with Gasteiger partial charge in [-0.15, -0.1) is 0 Å². The molecule has 0 spiro atoms. The molecule has 0 bridgehead atoms. The van der Waals surface area contributed by atoms with Gasteiger partial charge in [-0.1, -0.05) is 12.1 Å². The maximum absolute atomic E-state index is 12.7. The molecule has 0 unspecified atom stereocenters. The van der Waals surface area contributed by atoms with E-state index >= 15 is 0 Å². The zero-order valence-corrected chi connectivity index (χ0v) is 19.9. The van der Waals surface area contributed by atoms with Crippen molar-refractivity contribution in [3.8, 4) is 23.3 Å². The molecule has 176 valence electrons. The van der Waals surface area contributed by atoms with Crippen molar-refractivity contribution in [1.82, 2.24) is 9.88 Å². The fourth-order valence-electron chi connectivity index (χ4n) is 3.63. The Morgan fingerprint density at radius 2 is 1.82 bits per heavy atom. The van der Waals surface area contributed by atoms with E-state index in [1.807, 2.05) is 74.5 Å². The lowest BCUT2D eigenvalue weighted by atomic mass is 10.1. The predicted octanol–water partition coefficient (Wildman–Crippen LogP) is 4.35. The van der Waals surface area contributed by atoms with Gasteiger partial charge in [0.2, 0.25) is 0 Å². The third kappa shape index (κ3) is 6.06. The highest BCUT2D eigenvalue weighted by Crippen LogP contribution is 2.24. The van der Waals surface area contributed by atoms with E-state index in [4.69, 9.17) is 14.2 Å².